The average Bonchev–Trinajstić information content (AvgIpc) is 2.46. The molecule has 1 fully saturated rings. The van der Waals surface area contributed by atoms with Crippen LogP contribution in [0.3, 0.4) is 0 Å². The van der Waals surface area contributed by atoms with Gasteiger partial charge in [0.05, 0.1) is 6.10 Å². The van der Waals surface area contributed by atoms with Gasteiger partial charge in [-0.25, -0.2) is 4.39 Å². The molecule has 3 N–H and O–H groups in total. The number of rotatable bonds is 5. The molecular formula is C15H22FN3O2. The van der Waals surface area contributed by atoms with Crippen LogP contribution in [0.2, 0.25) is 0 Å². The molecular weight excluding hydrogens is 273 g/mol. The van der Waals surface area contributed by atoms with E-state index in [2.05, 4.69) is 10.1 Å². The van der Waals surface area contributed by atoms with Gasteiger partial charge < -0.3 is 15.7 Å². The van der Waals surface area contributed by atoms with Gasteiger partial charge in [0.2, 0.25) is 0 Å². The molecule has 2 rings (SSSR count). The van der Waals surface area contributed by atoms with Crippen LogP contribution in [-0.2, 0) is 11.3 Å². The SMILES string of the molecule is CN(Cc1cc(F)cc(/C(N)=N/O)c1)CC1CCCCO1. The number of nitrogens with two attached hydrogens (primary N) is 1. The molecule has 0 aromatic heterocycles. The number of benzene rings is 1. The van der Waals surface area contributed by atoms with Gasteiger partial charge in [-0.15, -0.1) is 0 Å². The molecule has 1 aliphatic rings. The van der Waals surface area contributed by atoms with E-state index >= 15 is 0 Å². The first-order valence-corrected chi connectivity index (χ1v) is 7.16. The number of ether oxygens (including phenoxy) is 1. The number of nitrogens with zero attached hydrogens (tertiary/aromatic N) is 2. The normalized spacial score (nSPS) is 20.0. The van der Waals surface area contributed by atoms with Crippen molar-refractivity contribution in [3.63, 3.8) is 0 Å². The zero-order chi connectivity index (χ0) is 15.2. The summed E-state index contributed by atoms with van der Waals surface area (Å²) in [6.07, 6.45) is 3.66. The maximum absolute atomic E-state index is 13.6. The van der Waals surface area contributed by atoms with Crippen molar-refractivity contribution >= 4 is 5.84 Å². The van der Waals surface area contributed by atoms with Crippen LogP contribution in [0.15, 0.2) is 23.4 Å². The number of halogens is 1. The van der Waals surface area contributed by atoms with Crippen LogP contribution in [0.25, 0.3) is 0 Å². The van der Waals surface area contributed by atoms with Gasteiger partial charge in [-0.1, -0.05) is 5.16 Å². The molecule has 1 aromatic rings. The Morgan fingerprint density at radius 1 is 1.48 bits per heavy atom. The largest absolute Gasteiger partial charge is 0.409 e. The van der Waals surface area contributed by atoms with Crippen molar-refractivity contribution < 1.29 is 14.3 Å². The van der Waals surface area contributed by atoms with Crippen molar-refractivity contribution in [2.75, 3.05) is 20.2 Å². The third-order valence-corrected chi connectivity index (χ3v) is 3.60. The highest BCUT2D eigenvalue weighted by Crippen LogP contribution is 2.16. The van der Waals surface area contributed by atoms with E-state index in [0.29, 0.717) is 12.1 Å². The Morgan fingerprint density at radius 2 is 2.29 bits per heavy atom. The Morgan fingerprint density at radius 3 is 2.95 bits per heavy atom. The first-order chi connectivity index (χ1) is 10.1. The topological polar surface area (TPSA) is 71.1 Å². The Balaban J connectivity index is 1.99. The fraction of sp³-hybridized carbons (Fsp3) is 0.533. The molecule has 1 atom stereocenters. The van der Waals surface area contributed by atoms with Crippen molar-refractivity contribution in [1.29, 1.82) is 0 Å². The van der Waals surface area contributed by atoms with Gasteiger partial charge in [0, 0.05) is 25.3 Å². The molecule has 1 aromatic carbocycles. The zero-order valence-corrected chi connectivity index (χ0v) is 12.3. The summed E-state index contributed by atoms with van der Waals surface area (Å²) in [6.45, 7) is 2.23. The summed E-state index contributed by atoms with van der Waals surface area (Å²) in [5, 5.41) is 11.6. The number of hydrogen-bond acceptors (Lipinski definition) is 4. The van der Waals surface area contributed by atoms with Gasteiger partial charge in [-0.05, 0) is 50.1 Å². The van der Waals surface area contributed by atoms with Crippen LogP contribution in [0, 0.1) is 5.82 Å². The molecule has 0 saturated carbocycles. The maximum Gasteiger partial charge on any atom is 0.170 e. The Labute approximate surface area is 124 Å². The van der Waals surface area contributed by atoms with Gasteiger partial charge in [-0.2, -0.15) is 0 Å². The zero-order valence-electron chi connectivity index (χ0n) is 12.3. The minimum absolute atomic E-state index is 0.0889. The molecule has 0 radical (unpaired) electrons. The summed E-state index contributed by atoms with van der Waals surface area (Å²) in [5.41, 5.74) is 6.68. The lowest BCUT2D eigenvalue weighted by atomic mass is 10.1. The van der Waals surface area contributed by atoms with E-state index < -0.39 is 5.82 Å². The van der Waals surface area contributed by atoms with Crippen LogP contribution in [0.1, 0.15) is 30.4 Å². The van der Waals surface area contributed by atoms with Crippen molar-refractivity contribution in [3.8, 4) is 0 Å². The van der Waals surface area contributed by atoms with Crippen molar-refractivity contribution in [2.45, 2.75) is 31.9 Å². The minimum atomic E-state index is -0.392. The van der Waals surface area contributed by atoms with E-state index in [-0.39, 0.29) is 11.9 Å². The third-order valence-electron chi connectivity index (χ3n) is 3.60. The Kier molecular flexibility index (Phi) is 5.52. The summed E-state index contributed by atoms with van der Waals surface area (Å²) >= 11 is 0. The second-order valence-electron chi connectivity index (χ2n) is 5.52. The van der Waals surface area contributed by atoms with E-state index in [1.807, 2.05) is 7.05 Å². The van der Waals surface area contributed by atoms with Crippen LogP contribution in [0.5, 0.6) is 0 Å². The van der Waals surface area contributed by atoms with Crippen LogP contribution >= 0.6 is 0 Å². The van der Waals surface area contributed by atoms with Gasteiger partial charge >= 0.3 is 0 Å². The molecule has 1 saturated heterocycles. The molecule has 1 unspecified atom stereocenters. The maximum atomic E-state index is 13.6. The smallest absolute Gasteiger partial charge is 0.170 e. The summed E-state index contributed by atoms with van der Waals surface area (Å²) in [7, 11) is 1.98. The van der Waals surface area contributed by atoms with Crippen LogP contribution in [-0.4, -0.2) is 42.2 Å². The number of hydrogen-bond donors (Lipinski definition) is 2. The molecule has 0 spiro atoms. The second-order valence-corrected chi connectivity index (χ2v) is 5.52. The van der Waals surface area contributed by atoms with Gasteiger partial charge in [0.25, 0.3) is 0 Å². The van der Waals surface area contributed by atoms with Crippen molar-refractivity contribution in [3.05, 3.63) is 35.1 Å². The van der Waals surface area contributed by atoms with Crippen LogP contribution < -0.4 is 5.73 Å². The molecule has 0 bridgehead atoms. The minimum Gasteiger partial charge on any atom is -0.409 e. The molecule has 116 valence electrons. The lowest BCUT2D eigenvalue weighted by Gasteiger charge is -2.27. The quantitative estimate of drug-likeness (QED) is 0.377. The summed E-state index contributed by atoms with van der Waals surface area (Å²) in [4.78, 5) is 2.10. The average molecular weight is 295 g/mol. The van der Waals surface area contributed by atoms with E-state index in [9.17, 15) is 4.39 Å². The second kappa shape index (κ2) is 7.38. The van der Waals surface area contributed by atoms with Gasteiger partial charge in [0.1, 0.15) is 5.82 Å². The molecule has 1 aliphatic heterocycles. The molecule has 0 amide bonds. The lowest BCUT2D eigenvalue weighted by Crippen LogP contribution is -2.33. The predicted octanol–water partition coefficient (Wildman–Crippen LogP) is 1.92. The summed E-state index contributed by atoms with van der Waals surface area (Å²) in [6, 6.07) is 4.45. The first kappa shape index (κ1) is 15.7. The van der Waals surface area contributed by atoms with Crippen molar-refractivity contribution in [2.24, 2.45) is 10.9 Å². The standard InChI is InChI=1S/C15H22FN3O2/c1-19(10-14-4-2-3-5-21-14)9-11-6-12(15(17)18-20)8-13(16)7-11/h6-8,14,20H,2-5,9-10H2,1H3,(H2,17,18). The molecule has 6 heteroatoms. The van der Waals surface area contributed by atoms with Gasteiger partial charge in [0.15, 0.2) is 5.84 Å². The molecule has 1 heterocycles. The Bertz CT molecular complexity index is 502. The highest BCUT2D eigenvalue weighted by molar-refractivity contribution is 5.97. The first-order valence-electron chi connectivity index (χ1n) is 7.16. The summed E-state index contributed by atoms with van der Waals surface area (Å²) < 4.78 is 19.3. The predicted molar refractivity (Wildman–Crippen MR) is 78.8 cm³/mol. The lowest BCUT2D eigenvalue weighted by molar-refractivity contribution is -0.00259. The molecule has 0 aliphatic carbocycles. The van der Waals surface area contributed by atoms with Gasteiger partial charge in [-0.3, -0.25) is 4.90 Å². The number of oxime groups is 1. The highest BCUT2D eigenvalue weighted by Gasteiger charge is 2.16. The molecule has 5 nitrogen and oxygen atoms in total. The highest BCUT2D eigenvalue weighted by atomic mass is 19.1. The number of likely N-dealkylation sites (N-methyl/N-ethyl adjacent to an activating group) is 1. The monoisotopic (exact) mass is 295 g/mol. The van der Waals surface area contributed by atoms with Crippen LogP contribution in [0.4, 0.5) is 4.39 Å². The molecule has 21 heavy (non-hydrogen) atoms. The summed E-state index contributed by atoms with van der Waals surface area (Å²) in [5.74, 6) is -0.481. The van der Waals surface area contributed by atoms with E-state index in [0.717, 1.165) is 31.6 Å². The van der Waals surface area contributed by atoms with Crippen molar-refractivity contribution in [1.82, 2.24) is 4.90 Å². The fourth-order valence-electron chi connectivity index (χ4n) is 2.62. The van der Waals surface area contributed by atoms with E-state index in [1.54, 1.807) is 6.07 Å². The van der Waals surface area contributed by atoms with E-state index in [4.69, 9.17) is 15.7 Å². The Hall–Kier alpha value is -1.66. The number of amidine groups is 1. The fourth-order valence-corrected chi connectivity index (χ4v) is 2.62. The van der Waals surface area contributed by atoms with E-state index in [1.165, 1.54) is 18.6 Å². The third kappa shape index (κ3) is 4.68.